The van der Waals surface area contributed by atoms with E-state index in [1.54, 1.807) is 18.7 Å². The summed E-state index contributed by atoms with van der Waals surface area (Å²) in [6, 6.07) is -0.0325. The Morgan fingerprint density at radius 2 is 2.11 bits per heavy atom. The minimum absolute atomic E-state index is 0.115. The highest BCUT2D eigenvalue weighted by molar-refractivity contribution is 5.78. The molecule has 19 heavy (non-hydrogen) atoms. The van der Waals surface area contributed by atoms with Crippen molar-refractivity contribution in [1.82, 2.24) is 10.2 Å². The lowest BCUT2D eigenvalue weighted by atomic mass is 9.94. The number of aliphatic carboxylic acids is 1. The van der Waals surface area contributed by atoms with Crippen LogP contribution in [-0.4, -0.2) is 52.9 Å². The van der Waals surface area contributed by atoms with E-state index < -0.39 is 11.4 Å². The van der Waals surface area contributed by atoms with Crippen LogP contribution in [-0.2, 0) is 4.79 Å². The van der Waals surface area contributed by atoms with E-state index in [1.165, 1.54) is 0 Å². The van der Waals surface area contributed by atoms with E-state index in [4.69, 9.17) is 10.2 Å². The minimum Gasteiger partial charge on any atom is -0.481 e. The van der Waals surface area contributed by atoms with Crippen LogP contribution in [0, 0.1) is 5.41 Å². The van der Waals surface area contributed by atoms with Crippen molar-refractivity contribution >= 4 is 12.0 Å². The van der Waals surface area contributed by atoms with Crippen LogP contribution in [0.2, 0.25) is 0 Å². The molecule has 1 unspecified atom stereocenters. The van der Waals surface area contributed by atoms with Crippen molar-refractivity contribution in [1.29, 1.82) is 0 Å². The van der Waals surface area contributed by atoms with Crippen molar-refractivity contribution in [2.45, 2.75) is 45.6 Å². The molecule has 1 atom stereocenters. The summed E-state index contributed by atoms with van der Waals surface area (Å²) in [4.78, 5) is 24.8. The molecule has 2 amide bonds. The number of nitrogens with zero attached hydrogens (tertiary/aromatic N) is 1. The van der Waals surface area contributed by atoms with Crippen molar-refractivity contribution in [2.75, 3.05) is 19.7 Å². The molecule has 1 rings (SSSR count). The lowest BCUT2D eigenvalue weighted by molar-refractivity contribution is -0.146. The molecule has 0 spiro atoms. The maximum Gasteiger partial charge on any atom is 0.317 e. The number of aliphatic hydroxyl groups excluding tert-OH is 1. The smallest absolute Gasteiger partial charge is 0.317 e. The van der Waals surface area contributed by atoms with Gasteiger partial charge in [-0.1, -0.05) is 0 Å². The van der Waals surface area contributed by atoms with Crippen LogP contribution in [0.25, 0.3) is 0 Å². The molecule has 1 aliphatic heterocycles. The summed E-state index contributed by atoms with van der Waals surface area (Å²) in [5.41, 5.74) is -0.962. The van der Waals surface area contributed by atoms with E-state index >= 15 is 0 Å². The van der Waals surface area contributed by atoms with Gasteiger partial charge in [-0.2, -0.15) is 0 Å². The number of carboxylic acid groups (broad SMARTS) is 1. The van der Waals surface area contributed by atoms with Gasteiger partial charge in [0.05, 0.1) is 5.41 Å². The summed E-state index contributed by atoms with van der Waals surface area (Å²) >= 11 is 0. The first-order valence-corrected chi connectivity index (χ1v) is 6.77. The number of hydrogen-bond acceptors (Lipinski definition) is 3. The molecule has 6 heteroatoms. The first-order chi connectivity index (χ1) is 8.88. The molecule has 0 aromatic carbocycles. The van der Waals surface area contributed by atoms with Crippen LogP contribution in [0.1, 0.15) is 39.5 Å². The van der Waals surface area contributed by atoms with Crippen LogP contribution in [0.15, 0.2) is 0 Å². The maximum atomic E-state index is 12.0. The first kappa shape index (κ1) is 15.8. The largest absolute Gasteiger partial charge is 0.481 e. The molecule has 3 N–H and O–H groups in total. The van der Waals surface area contributed by atoms with Crippen LogP contribution >= 0.6 is 0 Å². The molecule has 1 fully saturated rings. The molecule has 110 valence electrons. The monoisotopic (exact) mass is 272 g/mol. The maximum absolute atomic E-state index is 12.0. The highest BCUT2D eigenvalue weighted by atomic mass is 16.4. The predicted octanol–water partition coefficient (Wildman–Crippen LogP) is 1.04. The van der Waals surface area contributed by atoms with E-state index in [0.29, 0.717) is 13.0 Å². The number of hydrogen-bond donors (Lipinski definition) is 3. The third-order valence-electron chi connectivity index (χ3n) is 3.59. The molecule has 1 saturated heterocycles. The summed E-state index contributed by atoms with van der Waals surface area (Å²) < 4.78 is 0. The Hall–Kier alpha value is -1.30. The Kier molecular flexibility index (Phi) is 5.60. The number of likely N-dealkylation sites (tertiary alicyclic amines) is 1. The van der Waals surface area contributed by atoms with Crippen LogP contribution in [0.5, 0.6) is 0 Å². The van der Waals surface area contributed by atoms with Gasteiger partial charge in [0.25, 0.3) is 0 Å². The lowest BCUT2D eigenvalue weighted by Crippen LogP contribution is -2.47. The number of urea groups is 1. The normalized spacial score (nSPS) is 19.5. The van der Waals surface area contributed by atoms with E-state index in [9.17, 15) is 9.59 Å². The molecular weight excluding hydrogens is 248 g/mol. The Morgan fingerprint density at radius 3 is 2.68 bits per heavy atom. The fourth-order valence-electron chi connectivity index (χ4n) is 2.20. The minimum atomic E-state index is -0.962. The zero-order chi connectivity index (χ0) is 14.5. The van der Waals surface area contributed by atoms with E-state index in [1.807, 2.05) is 0 Å². The number of carbonyl (C=O) groups is 2. The van der Waals surface area contributed by atoms with Gasteiger partial charge in [0.15, 0.2) is 0 Å². The summed E-state index contributed by atoms with van der Waals surface area (Å²) in [5.74, 6) is -0.925. The molecule has 0 radical (unpaired) electrons. The Labute approximate surface area is 113 Å². The fraction of sp³-hybridized carbons (Fsp3) is 0.846. The summed E-state index contributed by atoms with van der Waals surface area (Å²) in [5, 5.41) is 20.5. The van der Waals surface area contributed by atoms with Gasteiger partial charge >= 0.3 is 12.0 Å². The number of carboxylic acids is 1. The van der Waals surface area contributed by atoms with Crippen LogP contribution in [0.4, 0.5) is 4.79 Å². The Morgan fingerprint density at radius 1 is 1.42 bits per heavy atom. The van der Waals surface area contributed by atoms with Crippen LogP contribution in [0.3, 0.4) is 0 Å². The topological polar surface area (TPSA) is 89.9 Å². The molecule has 0 aromatic heterocycles. The van der Waals surface area contributed by atoms with Crippen molar-refractivity contribution in [2.24, 2.45) is 5.41 Å². The lowest BCUT2D eigenvalue weighted by Gasteiger charge is -2.27. The molecule has 0 aliphatic carbocycles. The van der Waals surface area contributed by atoms with Crippen molar-refractivity contribution in [3.05, 3.63) is 0 Å². The number of rotatable bonds is 6. The van der Waals surface area contributed by atoms with E-state index in [-0.39, 0.29) is 25.2 Å². The van der Waals surface area contributed by atoms with E-state index in [0.717, 1.165) is 19.3 Å². The SMILES string of the molecule is CC(C)(CNC(=O)N1CCCC1CCCO)C(=O)O. The third-order valence-corrected chi connectivity index (χ3v) is 3.59. The van der Waals surface area contributed by atoms with Gasteiger partial charge < -0.3 is 20.4 Å². The summed E-state index contributed by atoms with van der Waals surface area (Å²) in [6.45, 7) is 4.13. The van der Waals surface area contributed by atoms with Gasteiger partial charge in [-0.25, -0.2) is 4.79 Å². The quantitative estimate of drug-likeness (QED) is 0.674. The predicted molar refractivity (Wildman–Crippen MR) is 70.9 cm³/mol. The molecule has 0 saturated carbocycles. The standard InChI is InChI=1S/C13H24N2O4/c1-13(2,11(17)18)9-14-12(19)15-7-3-5-10(15)6-4-8-16/h10,16H,3-9H2,1-2H3,(H,14,19)(H,17,18). The number of carbonyl (C=O) groups excluding carboxylic acids is 1. The van der Waals surface area contributed by atoms with Gasteiger partial charge in [0, 0.05) is 25.7 Å². The molecule has 6 nitrogen and oxygen atoms in total. The second kappa shape index (κ2) is 6.75. The molecule has 0 aromatic rings. The average Bonchev–Trinajstić information content (AvgIpc) is 2.81. The average molecular weight is 272 g/mol. The van der Waals surface area contributed by atoms with E-state index in [2.05, 4.69) is 5.32 Å². The molecule has 1 aliphatic rings. The fourth-order valence-corrected chi connectivity index (χ4v) is 2.20. The van der Waals surface area contributed by atoms with Crippen molar-refractivity contribution in [3.63, 3.8) is 0 Å². The first-order valence-electron chi connectivity index (χ1n) is 6.77. The second-order valence-electron chi connectivity index (χ2n) is 5.70. The van der Waals surface area contributed by atoms with Crippen LogP contribution < -0.4 is 5.32 Å². The summed E-state index contributed by atoms with van der Waals surface area (Å²) in [7, 11) is 0. The zero-order valence-corrected chi connectivity index (χ0v) is 11.7. The van der Waals surface area contributed by atoms with Gasteiger partial charge in [0.1, 0.15) is 0 Å². The molecule has 0 bridgehead atoms. The Bertz CT molecular complexity index is 331. The third kappa shape index (κ3) is 4.38. The Balaban J connectivity index is 2.46. The molecular formula is C13H24N2O4. The van der Waals surface area contributed by atoms with Crippen molar-refractivity contribution in [3.8, 4) is 0 Å². The second-order valence-corrected chi connectivity index (χ2v) is 5.70. The zero-order valence-electron chi connectivity index (χ0n) is 11.7. The number of amides is 2. The molecule has 1 heterocycles. The highest BCUT2D eigenvalue weighted by Crippen LogP contribution is 2.21. The number of aliphatic hydroxyl groups is 1. The number of nitrogens with one attached hydrogen (secondary N) is 1. The van der Waals surface area contributed by atoms with Gasteiger partial charge in [-0.05, 0) is 39.5 Å². The van der Waals surface area contributed by atoms with Crippen molar-refractivity contribution < 1.29 is 19.8 Å². The van der Waals surface area contributed by atoms with Gasteiger partial charge in [-0.15, -0.1) is 0 Å². The highest BCUT2D eigenvalue weighted by Gasteiger charge is 2.31. The van der Waals surface area contributed by atoms with Gasteiger partial charge in [-0.3, -0.25) is 4.79 Å². The summed E-state index contributed by atoms with van der Waals surface area (Å²) in [6.07, 6.45) is 3.41. The van der Waals surface area contributed by atoms with Gasteiger partial charge in [0.2, 0.25) is 0 Å².